The van der Waals surface area contributed by atoms with E-state index in [0.29, 0.717) is 29.4 Å². The van der Waals surface area contributed by atoms with Gasteiger partial charge in [0.15, 0.2) is 11.5 Å². The third kappa shape index (κ3) is 3.15. The summed E-state index contributed by atoms with van der Waals surface area (Å²) in [5.41, 5.74) is 2.56. The highest BCUT2D eigenvalue weighted by atomic mass is 16.7. The minimum absolute atomic E-state index is 0.410. The maximum absolute atomic E-state index is 12.0. The van der Waals surface area contributed by atoms with E-state index in [2.05, 4.69) is 5.16 Å². The molecule has 3 rings (SSSR count). The van der Waals surface area contributed by atoms with Crippen LogP contribution in [0, 0.1) is 0 Å². The maximum atomic E-state index is 12.0. The molecule has 0 fully saturated rings. The average Bonchev–Trinajstić information content (AvgIpc) is 2.98. The van der Waals surface area contributed by atoms with Crippen LogP contribution in [0.15, 0.2) is 59.3 Å². The number of methoxy groups -OCH3 is 1. The van der Waals surface area contributed by atoms with E-state index in [1.807, 2.05) is 55.5 Å². The molecule has 0 radical (unpaired) electrons. The van der Waals surface area contributed by atoms with Crippen LogP contribution in [0.3, 0.4) is 0 Å². The van der Waals surface area contributed by atoms with Crippen molar-refractivity contribution < 1.29 is 19.1 Å². The molecule has 0 atom stereocenters. The Balaban J connectivity index is 1.97. The fourth-order valence-corrected chi connectivity index (χ4v) is 2.43. The van der Waals surface area contributed by atoms with Gasteiger partial charge in [-0.25, -0.2) is 4.79 Å². The van der Waals surface area contributed by atoms with Gasteiger partial charge in [-0.2, -0.15) is 0 Å². The lowest BCUT2D eigenvalue weighted by molar-refractivity contribution is -0.136. The molecule has 2 aromatic carbocycles. The minimum atomic E-state index is -0.471. The van der Waals surface area contributed by atoms with Crippen LogP contribution in [0.1, 0.15) is 18.1 Å². The van der Waals surface area contributed by atoms with Crippen molar-refractivity contribution in [2.45, 2.75) is 6.92 Å². The molecule has 0 saturated carbocycles. The van der Waals surface area contributed by atoms with Gasteiger partial charge >= 0.3 is 5.97 Å². The molecule has 2 aromatic rings. The number of carbonyl (C=O) groups excluding carboxylic acids is 1. The standard InChI is InChI=1S/C19H17NO4/c1-3-23-16-10-9-13(12-17(16)22-2)11-15-18(20-24-19(15)21)14-7-5-4-6-8-14/h4-12H,3H2,1-2H3. The minimum Gasteiger partial charge on any atom is -0.493 e. The molecule has 0 amide bonds. The number of hydrogen-bond acceptors (Lipinski definition) is 5. The van der Waals surface area contributed by atoms with Gasteiger partial charge in [0.25, 0.3) is 0 Å². The first kappa shape index (κ1) is 15.8. The van der Waals surface area contributed by atoms with Crippen LogP contribution < -0.4 is 9.47 Å². The van der Waals surface area contributed by atoms with Crippen LogP contribution in [0.5, 0.6) is 11.5 Å². The van der Waals surface area contributed by atoms with Crippen molar-refractivity contribution in [2.75, 3.05) is 13.7 Å². The Labute approximate surface area is 140 Å². The first-order valence-electron chi connectivity index (χ1n) is 7.60. The number of rotatable bonds is 5. The van der Waals surface area contributed by atoms with Gasteiger partial charge in [0.05, 0.1) is 19.3 Å². The van der Waals surface area contributed by atoms with Crippen LogP contribution in [0.25, 0.3) is 6.08 Å². The smallest absolute Gasteiger partial charge is 0.368 e. The maximum Gasteiger partial charge on any atom is 0.368 e. The average molecular weight is 323 g/mol. The molecule has 0 unspecified atom stereocenters. The molecule has 1 aliphatic rings. The normalized spacial score (nSPS) is 15.2. The fraction of sp³-hybridized carbons (Fsp3) is 0.158. The molecule has 122 valence electrons. The molecule has 0 bridgehead atoms. The lowest BCUT2D eigenvalue weighted by Gasteiger charge is -2.09. The summed E-state index contributed by atoms with van der Waals surface area (Å²) in [4.78, 5) is 16.9. The topological polar surface area (TPSA) is 57.1 Å². The number of hydrogen-bond donors (Lipinski definition) is 0. The van der Waals surface area contributed by atoms with Crippen LogP contribution in [0.4, 0.5) is 0 Å². The van der Waals surface area contributed by atoms with Crippen molar-refractivity contribution in [3.63, 3.8) is 0 Å². The summed E-state index contributed by atoms with van der Waals surface area (Å²) < 4.78 is 10.8. The quantitative estimate of drug-likeness (QED) is 0.625. The molecule has 0 N–H and O–H groups in total. The third-order valence-corrected chi connectivity index (χ3v) is 3.54. The van der Waals surface area contributed by atoms with E-state index in [9.17, 15) is 4.79 Å². The highest BCUT2D eigenvalue weighted by molar-refractivity contribution is 6.31. The van der Waals surface area contributed by atoms with E-state index in [1.165, 1.54) is 0 Å². The second kappa shape index (κ2) is 7.00. The SMILES string of the molecule is CCOc1ccc(C=C2C(=O)ON=C2c2ccccc2)cc1OC. The van der Waals surface area contributed by atoms with E-state index in [-0.39, 0.29) is 0 Å². The molecular formula is C19H17NO4. The second-order valence-corrected chi connectivity index (χ2v) is 5.09. The van der Waals surface area contributed by atoms with Gasteiger partial charge in [0, 0.05) is 5.56 Å². The highest BCUT2D eigenvalue weighted by Crippen LogP contribution is 2.30. The predicted molar refractivity (Wildman–Crippen MR) is 91.2 cm³/mol. The molecule has 5 heteroatoms. The number of ether oxygens (including phenoxy) is 2. The van der Waals surface area contributed by atoms with Gasteiger partial charge in [-0.05, 0) is 30.7 Å². The number of oxime groups is 1. The van der Waals surface area contributed by atoms with E-state index in [0.717, 1.165) is 11.1 Å². The molecule has 5 nitrogen and oxygen atoms in total. The zero-order valence-electron chi connectivity index (χ0n) is 13.5. The zero-order valence-corrected chi connectivity index (χ0v) is 13.5. The van der Waals surface area contributed by atoms with E-state index in [4.69, 9.17) is 14.3 Å². The number of nitrogens with zero attached hydrogens (tertiary/aromatic N) is 1. The largest absolute Gasteiger partial charge is 0.493 e. The molecule has 24 heavy (non-hydrogen) atoms. The van der Waals surface area contributed by atoms with Crippen molar-refractivity contribution in [1.82, 2.24) is 0 Å². The van der Waals surface area contributed by atoms with Gasteiger partial charge in [-0.3, -0.25) is 0 Å². The van der Waals surface area contributed by atoms with Gasteiger partial charge in [0.1, 0.15) is 5.71 Å². The summed E-state index contributed by atoms with van der Waals surface area (Å²) >= 11 is 0. The zero-order chi connectivity index (χ0) is 16.9. The fourth-order valence-electron chi connectivity index (χ4n) is 2.43. The third-order valence-electron chi connectivity index (χ3n) is 3.54. The first-order chi connectivity index (χ1) is 11.7. The molecule has 0 aliphatic carbocycles. The summed E-state index contributed by atoms with van der Waals surface area (Å²) in [6, 6.07) is 14.9. The number of carbonyl (C=O) groups is 1. The van der Waals surface area contributed by atoms with Gasteiger partial charge < -0.3 is 14.3 Å². The summed E-state index contributed by atoms with van der Waals surface area (Å²) in [5.74, 6) is 0.797. The summed E-state index contributed by atoms with van der Waals surface area (Å²) in [6.45, 7) is 2.46. The summed E-state index contributed by atoms with van der Waals surface area (Å²) in [5, 5.41) is 3.90. The molecular weight excluding hydrogens is 306 g/mol. The molecule has 0 spiro atoms. The lowest BCUT2D eigenvalue weighted by atomic mass is 10.0. The Morgan fingerprint density at radius 3 is 2.62 bits per heavy atom. The van der Waals surface area contributed by atoms with Gasteiger partial charge in [-0.1, -0.05) is 41.6 Å². The Kier molecular flexibility index (Phi) is 4.61. The van der Waals surface area contributed by atoms with Crippen LogP contribution in [-0.4, -0.2) is 25.4 Å². The lowest BCUT2D eigenvalue weighted by Crippen LogP contribution is -2.06. The van der Waals surface area contributed by atoms with Crippen molar-refractivity contribution in [3.8, 4) is 11.5 Å². The van der Waals surface area contributed by atoms with Gasteiger partial charge in [-0.15, -0.1) is 0 Å². The Bertz CT molecular complexity index is 809. The molecule has 0 aromatic heterocycles. The van der Waals surface area contributed by atoms with Crippen molar-refractivity contribution >= 4 is 17.8 Å². The van der Waals surface area contributed by atoms with Crippen molar-refractivity contribution in [3.05, 3.63) is 65.2 Å². The molecule has 1 aliphatic heterocycles. The van der Waals surface area contributed by atoms with E-state index < -0.39 is 5.97 Å². The van der Waals surface area contributed by atoms with E-state index >= 15 is 0 Å². The summed E-state index contributed by atoms with van der Waals surface area (Å²) in [6.07, 6.45) is 1.74. The van der Waals surface area contributed by atoms with Crippen molar-refractivity contribution in [1.29, 1.82) is 0 Å². The molecule has 1 heterocycles. The van der Waals surface area contributed by atoms with E-state index in [1.54, 1.807) is 13.2 Å². The van der Waals surface area contributed by atoms with Crippen LogP contribution >= 0.6 is 0 Å². The van der Waals surface area contributed by atoms with Crippen molar-refractivity contribution in [2.24, 2.45) is 5.16 Å². The monoisotopic (exact) mass is 323 g/mol. The molecule has 0 saturated heterocycles. The first-order valence-corrected chi connectivity index (χ1v) is 7.60. The Hall–Kier alpha value is -3.08. The number of benzene rings is 2. The summed E-state index contributed by atoms with van der Waals surface area (Å²) in [7, 11) is 1.58. The Morgan fingerprint density at radius 1 is 1.12 bits per heavy atom. The highest BCUT2D eigenvalue weighted by Gasteiger charge is 2.26. The van der Waals surface area contributed by atoms with Crippen LogP contribution in [-0.2, 0) is 9.63 Å². The predicted octanol–water partition coefficient (Wildman–Crippen LogP) is 3.44. The second-order valence-electron chi connectivity index (χ2n) is 5.09. The Morgan fingerprint density at radius 2 is 1.92 bits per heavy atom. The van der Waals surface area contributed by atoms with Gasteiger partial charge in [0.2, 0.25) is 0 Å². The van der Waals surface area contributed by atoms with Crippen LogP contribution in [0.2, 0.25) is 0 Å².